The van der Waals surface area contributed by atoms with Crippen LogP contribution in [0.15, 0.2) is 47.7 Å². The number of hydrogen-bond acceptors (Lipinski definition) is 6. The number of aromatic nitrogens is 3. The number of nitrogens with one attached hydrogen (secondary N) is 2. The summed E-state index contributed by atoms with van der Waals surface area (Å²) < 4.78 is 4.86. The fraction of sp³-hybridized carbons (Fsp3) is 0.263. The second kappa shape index (κ2) is 8.64. The van der Waals surface area contributed by atoms with Crippen LogP contribution in [0, 0.1) is 6.92 Å². The number of aryl methyl sites for hydroxylation is 1. The lowest BCUT2D eigenvalue weighted by Crippen LogP contribution is -2.28. The lowest BCUT2D eigenvalue weighted by atomic mass is 10.0. The molecule has 0 aliphatic carbocycles. The Labute approximate surface area is 162 Å². The number of oxazole rings is 1. The predicted octanol–water partition coefficient (Wildman–Crippen LogP) is 4.44. The summed E-state index contributed by atoms with van der Waals surface area (Å²) in [6.45, 7) is 3.97. The molecule has 0 aliphatic heterocycles. The highest BCUT2D eigenvalue weighted by Crippen LogP contribution is 2.28. The number of hydrogen-bond donors (Lipinski definition) is 2. The van der Waals surface area contributed by atoms with Crippen molar-refractivity contribution in [1.29, 1.82) is 0 Å². The molecule has 0 bridgehead atoms. The van der Waals surface area contributed by atoms with Crippen molar-refractivity contribution in [3.63, 3.8) is 0 Å². The number of rotatable bonds is 7. The van der Waals surface area contributed by atoms with Crippen molar-refractivity contribution < 1.29 is 9.21 Å². The maximum atomic E-state index is 12.3. The van der Waals surface area contributed by atoms with Crippen LogP contribution >= 0.6 is 11.6 Å². The van der Waals surface area contributed by atoms with Gasteiger partial charge in [0.1, 0.15) is 12.1 Å². The quantitative estimate of drug-likeness (QED) is 0.624. The van der Waals surface area contributed by atoms with E-state index in [9.17, 15) is 4.79 Å². The van der Waals surface area contributed by atoms with Gasteiger partial charge in [0.05, 0.1) is 22.9 Å². The summed E-state index contributed by atoms with van der Waals surface area (Å²) in [5.41, 5.74) is 2.79. The standard InChI is InChI=1S/C19H20ClN5O2/c1-3-4-16(25-19(26)17-10-27-11-23-17)13-7-15(20)18(22-8-13)24-14-6-5-12(2)21-9-14/h5-11,16H,3-4H2,1-2H3,(H,22,24)(H,25,26). The molecule has 140 valence electrons. The second-order valence-electron chi connectivity index (χ2n) is 6.10. The number of halogens is 1. The minimum Gasteiger partial charge on any atom is -0.451 e. The van der Waals surface area contributed by atoms with E-state index in [4.69, 9.17) is 16.0 Å². The van der Waals surface area contributed by atoms with E-state index in [1.165, 1.54) is 12.7 Å². The summed E-state index contributed by atoms with van der Waals surface area (Å²) in [7, 11) is 0. The smallest absolute Gasteiger partial charge is 0.273 e. The van der Waals surface area contributed by atoms with Crippen LogP contribution in [-0.2, 0) is 0 Å². The molecule has 0 fully saturated rings. The Balaban J connectivity index is 1.76. The third-order valence-electron chi connectivity index (χ3n) is 3.99. The molecule has 3 aromatic heterocycles. The van der Waals surface area contributed by atoms with Crippen LogP contribution in [0.5, 0.6) is 0 Å². The van der Waals surface area contributed by atoms with E-state index in [-0.39, 0.29) is 17.6 Å². The molecule has 1 unspecified atom stereocenters. The fourth-order valence-electron chi connectivity index (χ4n) is 2.58. The van der Waals surface area contributed by atoms with E-state index in [0.717, 1.165) is 29.8 Å². The molecule has 3 heterocycles. The minimum absolute atomic E-state index is 0.223. The Bertz CT molecular complexity index is 897. The summed E-state index contributed by atoms with van der Waals surface area (Å²) in [6, 6.07) is 5.40. The first kappa shape index (κ1) is 18.8. The van der Waals surface area contributed by atoms with E-state index >= 15 is 0 Å². The van der Waals surface area contributed by atoms with Gasteiger partial charge in [-0.3, -0.25) is 9.78 Å². The Morgan fingerprint density at radius 1 is 1.26 bits per heavy atom. The Morgan fingerprint density at radius 2 is 2.11 bits per heavy atom. The molecular weight excluding hydrogens is 366 g/mol. The van der Waals surface area contributed by atoms with E-state index in [0.29, 0.717) is 10.8 Å². The zero-order valence-electron chi connectivity index (χ0n) is 15.1. The van der Waals surface area contributed by atoms with E-state index in [2.05, 4.69) is 25.6 Å². The van der Waals surface area contributed by atoms with Crippen LogP contribution in [0.2, 0.25) is 5.02 Å². The number of pyridine rings is 2. The molecule has 3 rings (SSSR count). The zero-order chi connectivity index (χ0) is 19.2. The highest BCUT2D eigenvalue weighted by Gasteiger charge is 2.18. The third-order valence-corrected chi connectivity index (χ3v) is 4.27. The van der Waals surface area contributed by atoms with E-state index in [1.54, 1.807) is 12.4 Å². The SMILES string of the molecule is CCCC(NC(=O)c1cocn1)c1cnc(Nc2ccc(C)nc2)c(Cl)c1. The van der Waals surface area contributed by atoms with Crippen molar-refractivity contribution in [1.82, 2.24) is 20.3 Å². The Kier molecular flexibility index (Phi) is 6.03. The summed E-state index contributed by atoms with van der Waals surface area (Å²) in [6.07, 6.45) is 7.60. The highest BCUT2D eigenvalue weighted by atomic mass is 35.5. The molecular formula is C19H20ClN5O2. The number of amides is 1. The maximum Gasteiger partial charge on any atom is 0.273 e. The van der Waals surface area contributed by atoms with Crippen LogP contribution in [-0.4, -0.2) is 20.9 Å². The van der Waals surface area contributed by atoms with Crippen molar-refractivity contribution in [2.24, 2.45) is 0 Å². The molecule has 0 aliphatic rings. The van der Waals surface area contributed by atoms with Crippen molar-refractivity contribution in [2.45, 2.75) is 32.7 Å². The molecule has 0 saturated carbocycles. The van der Waals surface area contributed by atoms with Crippen LogP contribution in [0.25, 0.3) is 0 Å². The second-order valence-corrected chi connectivity index (χ2v) is 6.51. The van der Waals surface area contributed by atoms with Crippen LogP contribution in [0.4, 0.5) is 11.5 Å². The number of carbonyl (C=O) groups is 1. The first-order chi connectivity index (χ1) is 13.1. The van der Waals surface area contributed by atoms with Gasteiger partial charge >= 0.3 is 0 Å². The zero-order valence-corrected chi connectivity index (χ0v) is 15.8. The molecule has 27 heavy (non-hydrogen) atoms. The van der Waals surface area contributed by atoms with Crippen LogP contribution < -0.4 is 10.6 Å². The monoisotopic (exact) mass is 385 g/mol. The third kappa shape index (κ3) is 4.83. The number of nitrogens with zero attached hydrogens (tertiary/aromatic N) is 3. The average molecular weight is 386 g/mol. The first-order valence-corrected chi connectivity index (χ1v) is 8.98. The summed E-state index contributed by atoms with van der Waals surface area (Å²) in [4.78, 5) is 24.8. The van der Waals surface area contributed by atoms with Crippen LogP contribution in [0.3, 0.4) is 0 Å². The molecule has 2 N–H and O–H groups in total. The van der Waals surface area contributed by atoms with Gasteiger partial charge in [-0.1, -0.05) is 24.9 Å². The fourth-order valence-corrected chi connectivity index (χ4v) is 2.80. The van der Waals surface area contributed by atoms with Gasteiger partial charge in [-0.25, -0.2) is 9.97 Å². The van der Waals surface area contributed by atoms with Gasteiger partial charge in [0, 0.05) is 11.9 Å². The summed E-state index contributed by atoms with van der Waals surface area (Å²) in [5.74, 6) is 0.232. The Hall–Kier alpha value is -2.93. The first-order valence-electron chi connectivity index (χ1n) is 8.61. The Morgan fingerprint density at radius 3 is 2.74 bits per heavy atom. The maximum absolute atomic E-state index is 12.3. The highest BCUT2D eigenvalue weighted by molar-refractivity contribution is 6.33. The van der Waals surface area contributed by atoms with E-state index in [1.807, 2.05) is 32.0 Å². The van der Waals surface area contributed by atoms with Gasteiger partial charge in [0.25, 0.3) is 5.91 Å². The van der Waals surface area contributed by atoms with Gasteiger partial charge < -0.3 is 15.1 Å². The molecule has 1 amide bonds. The minimum atomic E-state index is -0.300. The molecule has 7 nitrogen and oxygen atoms in total. The molecule has 0 radical (unpaired) electrons. The normalized spacial score (nSPS) is 11.8. The van der Waals surface area contributed by atoms with Gasteiger partial charge in [-0.05, 0) is 37.1 Å². The number of carbonyl (C=O) groups excluding carboxylic acids is 1. The van der Waals surface area contributed by atoms with Gasteiger partial charge in [-0.15, -0.1) is 0 Å². The lowest BCUT2D eigenvalue weighted by molar-refractivity contribution is 0.0929. The largest absolute Gasteiger partial charge is 0.451 e. The number of anilines is 2. The average Bonchev–Trinajstić information content (AvgIpc) is 3.20. The predicted molar refractivity (Wildman–Crippen MR) is 103 cm³/mol. The van der Waals surface area contributed by atoms with Gasteiger partial charge in [-0.2, -0.15) is 0 Å². The van der Waals surface area contributed by atoms with Crippen molar-refractivity contribution >= 4 is 29.0 Å². The van der Waals surface area contributed by atoms with Crippen molar-refractivity contribution in [3.8, 4) is 0 Å². The lowest BCUT2D eigenvalue weighted by Gasteiger charge is -2.19. The molecule has 0 saturated heterocycles. The molecule has 8 heteroatoms. The van der Waals surface area contributed by atoms with Crippen LogP contribution in [0.1, 0.15) is 47.6 Å². The molecule has 0 spiro atoms. The summed E-state index contributed by atoms with van der Waals surface area (Å²) >= 11 is 6.41. The van der Waals surface area contributed by atoms with Crippen molar-refractivity contribution in [2.75, 3.05) is 5.32 Å². The van der Waals surface area contributed by atoms with Gasteiger partial charge in [0.15, 0.2) is 12.1 Å². The molecule has 0 aromatic carbocycles. The molecule has 3 aromatic rings. The van der Waals surface area contributed by atoms with Crippen molar-refractivity contribution in [3.05, 3.63) is 65.2 Å². The van der Waals surface area contributed by atoms with E-state index < -0.39 is 0 Å². The van der Waals surface area contributed by atoms with Gasteiger partial charge in [0.2, 0.25) is 0 Å². The molecule has 1 atom stereocenters. The topological polar surface area (TPSA) is 92.9 Å². The summed E-state index contributed by atoms with van der Waals surface area (Å²) in [5, 5.41) is 6.56.